The van der Waals surface area contributed by atoms with Gasteiger partial charge in [-0.3, -0.25) is 4.79 Å². The first kappa shape index (κ1) is 16.5. The number of carbonyl (C=O) groups excluding carboxylic acids is 1. The van der Waals surface area contributed by atoms with Gasteiger partial charge in [0.25, 0.3) is 0 Å². The third-order valence-corrected chi connectivity index (χ3v) is 6.32. The molecule has 2 aromatic carbocycles. The molecule has 0 unspecified atom stereocenters. The van der Waals surface area contributed by atoms with Crippen molar-refractivity contribution in [3.05, 3.63) is 86.7 Å². The molecule has 0 N–H and O–H groups in total. The number of hydrogen-bond donors (Lipinski definition) is 0. The number of aryl methyl sites for hydroxylation is 1. The molecule has 1 heterocycles. The molecule has 1 aromatic heterocycles. The highest BCUT2D eigenvalue weighted by molar-refractivity contribution is 9.10. The van der Waals surface area contributed by atoms with Gasteiger partial charge in [0.15, 0.2) is 5.78 Å². The van der Waals surface area contributed by atoms with Gasteiger partial charge in [-0.05, 0) is 42.8 Å². The average Bonchev–Trinajstić information content (AvgIpc) is 2.95. The molecule has 0 aliphatic rings. The van der Waals surface area contributed by atoms with E-state index in [1.54, 1.807) is 23.1 Å². The Kier molecular flexibility index (Phi) is 5.36. The number of hydrogen-bond acceptors (Lipinski definition) is 3. The Hall–Kier alpha value is -1.36. The van der Waals surface area contributed by atoms with Gasteiger partial charge < -0.3 is 0 Å². The van der Waals surface area contributed by atoms with E-state index in [1.807, 2.05) is 48.5 Å². The second-order valence-corrected chi connectivity index (χ2v) is 8.58. The van der Waals surface area contributed by atoms with Crippen molar-refractivity contribution < 1.29 is 4.79 Å². The van der Waals surface area contributed by atoms with Crippen LogP contribution in [0.1, 0.15) is 26.4 Å². The lowest BCUT2D eigenvalue weighted by Crippen LogP contribution is -2.00. The summed E-state index contributed by atoms with van der Waals surface area (Å²) in [7, 11) is 0. The van der Waals surface area contributed by atoms with E-state index < -0.39 is 0 Å². The van der Waals surface area contributed by atoms with E-state index in [4.69, 9.17) is 0 Å². The molecular formula is C19H15BrOS2. The van der Waals surface area contributed by atoms with Crippen molar-refractivity contribution in [3.8, 4) is 0 Å². The summed E-state index contributed by atoms with van der Waals surface area (Å²) in [5, 5.41) is 0. The monoisotopic (exact) mass is 402 g/mol. The highest BCUT2D eigenvalue weighted by Gasteiger charge is 2.17. The number of thiophene rings is 1. The summed E-state index contributed by atoms with van der Waals surface area (Å²) in [5.74, 6) is 0.971. The summed E-state index contributed by atoms with van der Waals surface area (Å²) < 4.78 is 2.08. The van der Waals surface area contributed by atoms with Crippen LogP contribution in [-0.4, -0.2) is 5.78 Å². The largest absolute Gasteiger partial charge is 0.289 e. The second-order valence-electron chi connectivity index (χ2n) is 5.17. The van der Waals surface area contributed by atoms with Crippen molar-refractivity contribution in [2.75, 3.05) is 0 Å². The summed E-state index contributed by atoms with van der Waals surface area (Å²) in [5.41, 5.74) is 2.81. The van der Waals surface area contributed by atoms with Crippen molar-refractivity contribution >= 4 is 44.8 Å². The average molecular weight is 403 g/mol. The first-order chi connectivity index (χ1) is 11.1. The van der Waals surface area contributed by atoms with Gasteiger partial charge >= 0.3 is 0 Å². The normalized spacial score (nSPS) is 10.7. The molecule has 3 aromatic rings. The second kappa shape index (κ2) is 7.47. The first-order valence-corrected chi connectivity index (χ1v) is 9.80. The minimum Gasteiger partial charge on any atom is -0.289 e. The zero-order valence-corrected chi connectivity index (χ0v) is 15.8. The Morgan fingerprint density at radius 1 is 1.09 bits per heavy atom. The lowest BCUT2D eigenvalue weighted by Gasteiger charge is -2.04. The molecule has 3 rings (SSSR count). The summed E-state index contributed by atoms with van der Waals surface area (Å²) in [6.45, 7) is 2.05. The van der Waals surface area contributed by atoms with Gasteiger partial charge in [-0.25, -0.2) is 0 Å². The standard InChI is InChI=1S/C19H15BrOS2/c1-13-11-17(18(21)15-7-9-16(20)10-8-15)19(23-13)22-12-14-5-3-2-4-6-14/h2-11H,12H2,1H3. The summed E-state index contributed by atoms with van der Waals surface area (Å²) in [6.07, 6.45) is 0. The molecule has 1 nitrogen and oxygen atoms in total. The summed E-state index contributed by atoms with van der Waals surface area (Å²) in [6, 6.07) is 19.9. The van der Waals surface area contributed by atoms with Crippen molar-refractivity contribution in [1.82, 2.24) is 0 Å². The van der Waals surface area contributed by atoms with Gasteiger partial charge in [0, 0.05) is 26.2 Å². The predicted octanol–water partition coefficient (Wildman–Crippen LogP) is 6.34. The van der Waals surface area contributed by atoms with Gasteiger partial charge in [-0.2, -0.15) is 0 Å². The third kappa shape index (κ3) is 4.14. The maximum absolute atomic E-state index is 12.8. The lowest BCUT2D eigenvalue weighted by atomic mass is 10.1. The molecule has 0 radical (unpaired) electrons. The fraction of sp³-hybridized carbons (Fsp3) is 0.105. The van der Waals surface area contributed by atoms with Crippen LogP contribution in [0.4, 0.5) is 0 Å². The van der Waals surface area contributed by atoms with Crippen LogP contribution < -0.4 is 0 Å². The molecular weight excluding hydrogens is 388 g/mol. The summed E-state index contributed by atoms with van der Waals surface area (Å²) in [4.78, 5) is 13.9. The zero-order valence-electron chi connectivity index (χ0n) is 12.6. The van der Waals surface area contributed by atoms with E-state index in [2.05, 4.69) is 35.0 Å². The quantitative estimate of drug-likeness (QED) is 0.365. The number of ketones is 1. The Balaban J connectivity index is 1.82. The Bertz CT molecular complexity index is 807. The maximum atomic E-state index is 12.8. The van der Waals surface area contributed by atoms with Gasteiger partial charge in [-0.1, -0.05) is 46.3 Å². The van der Waals surface area contributed by atoms with Crippen LogP contribution in [0, 0.1) is 6.92 Å². The van der Waals surface area contributed by atoms with Crippen molar-refractivity contribution in [2.24, 2.45) is 0 Å². The number of carbonyl (C=O) groups is 1. The molecule has 0 atom stereocenters. The fourth-order valence-electron chi connectivity index (χ4n) is 2.24. The molecule has 0 aliphatic heterocycles. The van der Waals surface area contributed by atoms with Crippen LogP contribution in [0.5, 0.6) is 0 Å². The molecule has 116 valence electrons. The maximum Gasteiger partial charge on any atom is 0.195 e. The van der Waals surface area contributed by atoms with E-state index >= 15 is 0 Å². The zero-order chi connectivity index (χ0) is 16.2. The van der Waals surface area contributed by atoms with E-state index in [0.29, 0.717) is 0 Å². The van der Waals surface area contributed by atoms with Gasteiger partial charge in [0.05, 0.1) is 4.21 Å². The van der Waals surface area contributed by atoms with Crippen LogP contribution in [0.2, 0.25) is 0 Å². The van der Waals surface area contributed by atoms with Crippen LogP contribution >= 0.6 is 39.0 Å². The SMILES string of the molecule is Cc1cc(C(=O)c2ccc(Br)cc2)c(SCc2ccccc2)s1. The van der Waals surface area contributed by atoms with Crippen molar-refractivity contribution in [1.29, 1.82) is 0 Å². The van der Waals surface area contributed by atoms with E-state index in [-0.39, 0.29) is 5.78 Å². The van der Waals surface area contributed by atoms with Gasteiger partial charge in [0.1, 0.15) is 0 Å². The molecule has 4 heteroatoms. The topological polar surface area (TPSA) is 17.1 Å². The smallest absolute Gasteiger partial charge is 0.195 e. The van der Waals surface area contributed by atoms with Crippen LogP contribution in [0.25, 0.3) is 0 Å². The third-order valence-electron chi connectivity index (χ3n) is 3.38. The fourth-order valence-corrected chi connectivity index (χ4v) is 4.84. The number of thioether (sulfide) groups is 1. The number of halogens is 1. The van der Waals surface area contributed by atoms with Crippen molar-refractivity contribution in [2.45, 2.75) is 16.9 Å². The highest BCUT2D eigenvalue weighted by Crippen LogP contribution is 2.35. The van der Waals surface area contributed by atoms with Gasteiger partial charge in [-0.15, -0.1) is 23.1 Å². The van der Waals surface area contributed by atoms with E-state index in [0.717, 1.165) is 25.6 Å². The predicted molar refractivity (Wildman–Crippen MR) is 103 cm³/mol. The van der Waals surface area contributed by atoms with Gasteiger partial charge in [0.2, 0.25) is 0 Å². The Labute approximate surface area is 152 Å². The Morgan fingerprint density at radius 2 is 1.78 bits per heavy atom. The number of benzene rings is 2. The van der Waals surface area contributed by atoms with Crippen LogP contribution in [-0.2, 0) is 5.75 Å². The first-order valence-electron chi connectivity index (χ1n) is 7.21. The lowest BCUT2D eigenvalue weighted by molar-refractivity contribution is 0.103. The minimum atomic E-state index is 0.0948. The molecule has 23 heavy (non-hydrogen) atoms. The van der Waals surface area contributed by atoms with Crippen molar-refractivity contribution in [3.63, 3.8) is 0 Å². The van der Waals surface area contributed by atoms with Crippen LogP contribution in [0.15, 0.2) is 69.3 Å². The highest BCUT2D eigenvalue weighted by atomic mass is 79.9. The van der Waals surface area contributed by atoms with E-state index in [1.165, 1.54) is 10.4 Å². The molecule has 0 saturated heterocycles. The molecule has 0 aliphatic carbocycles. The Morgan fingerprint density at radius 3 is 2.48 bits per heavy atom. The molecule has 0 spiro atoms. The van der Waals surface area contributed by atoms with Crippen LogP contribution in [0.3, 0.4) is 0 Å². The molecule has 0 fully saturated rings. The number of rotatable bonds is 5. The summed E-state index contributed by atoms with van der Waals surface area (Å²) >= 11 is 6.83. The minimum absolute atomic E-state index is 0.0948. The van der Waals surface area contributed by atoms with E-state index in [9.17, 15) is 4.79 Å². The molecule has 0 saturated carbocycles. The molecule has 0 amide bonds. The molecule has 0 bridgehead atoms.